The Hall–Kier alpha value is -2.54. The van der Waals surface area contributed by atoms with E-state index in [0.29, 0.717) is 23.8 Å². The van der Waals surface area contributed by atoms with Crippen molar-refractivity contribution in [2.75, 3.05) is 6.61 Å². The summed E-state index contributed by atoms with van der Waals surface area (Å²) in [5.41, 5.74) is 2.15. The van der Waals surface area contributed by atoms with Gasteiger partial charge in [-0.3, -0.25) is 0 Å². The van der Waals surface area contributed by atoms with Gasteiger partial charge < -0.3 is 9.47 Å². The second kappa shape index (κ2) is 6.07. The van der Waals surface area contributed by atoms with Crippen molar-refractivity contribution in [3.8, 4) is 23.4 Å². The Morgan fingerprint density at radius 3 is 2.40 bits per heavy atom. The highest BCUT2D eigenvalue weighted by atomic mass is 16.5. The molecule has 0 N–H and O–H groups in total. The number of aromatic nitrogens is 1. The van der Waals surface area contributed by atoms with E-state index in [-0.39, 0.29) is 0 Å². The van der Waals surface area contributed by atoms with Crippen molar-refractivity contribution in [1.82, 2.24) is 4.98 Å². The lowest BCUT2D eigenvalue weighted by molar-refractivity contribution is 0.339. The molecule has 0 amide bonds. The van der Waals surface area contributed by atoms with Crippen LogP contribution in [0.25, 0.3) is 0 Å². The van der Waals surface area contributed by atoms with E-state index < -0.39 is 0 Å². The van der Waals surface area contributed by atoms with Gasteiger partial charge in [-0.25, -0.2) is 4.98 Å². The van der Waals surface area contributed by atoms with Crippen LogP contribution in [0.5, 0.6) is 17.4 Å². The molecule has 0 unspecified atom stereocenters. The van der Waals surface area contributed by atoms with Gasteiger partial charge >= 0.3 is 0 Å². The molecule has 0 fully saturated rings. The maximum atomic E-state index is 9.19. The topological polar surface area (TPSA) is 55.1 Å². The van der Waals surface area contributed by atoms with Gasteiger partial charge in [-0.1, -0.05) is 0 Å². The number of pyridine rings is 1. The molecule has 2 rings (SSSR count). The van der Waals surface area contributed by atoms with Gasteiger partial charge in [0.25, 0.3) is 0 Å². The van der Waals surface area contributed by atoms with Crippen molar-refractivity contribution in [3.63, 3.8) is 0 Å². The SMILES string of the molecule is CCOc1ccc(Oc2nc(C)cc(C)c2C#N)cc1. The first-order valence-corrected chi connectivity index (χ1v) is 6.43. The molecule has 0 radical (unpaired) electrons. The molecule has 0 saturated heterocycles. The number of rotatable bonds is 4. The van der Waals surface area contributed by atoms with Crippen molar-refractivity contribution in [2.45, 2.75) is 20.8 Å². The van der Waals surface area contributed by atoms with Crippen LogP contribution >= 0.6 is 0 Å². The summed E-state index contributed by atoms with van der Waals surface area (Å²) in [4.78, 5) is 4.28. The summed E-state index contributed by atoms with van der Waals surface area (Å²) in [6.45, 7) is 6.30. The van der Waals surface area contributed by atoms with Crippen LogP contribution in [-0.4, -0.2) is 11.6 Å². The molecule has 20 heavy (non-hydrogen) atoms. The smallest absolute Gasteiger partial charge is 0.237 e. The molecule has 0 atom stereocenters. The molecule has 2 aromatic rings. The number of aryl methyl sites for hydroxylation is 2. The Morgan fingerprint density at radius 2 is 1.80 bits per heavy atom. The Morgan fingerprint density at radius 1 is 1.15 bits per heavy atom. The van der Waals surface area contributed by atoms with Crippen molar-refractivity contribution in [1.29, 1.82) is 5.26 Å². The van der Waals surface area contributed by atoms with Gasteiger partial charge in [0.15, 0.2) is 0 Å². The number of benzene rings is 1. The van der Waals surface area contributed by atoms with Crippen LogP contribution < -0.4 is 9.47 Å². The van der Waals surface area contributed by atoms with Crippen LogP contribution in [0.3, 0.4) is 0 Å². The average molecular weight is 268 g/mol. The number of hydrogen-bond acceptors (Lipinski definition) is 4. The lowest BCUT2D eigenvalue weighted by atomic mass is 10.1. The molecular formula is C16H16N2O2. The van der Waals surface area contributed by atoms with E-state index in [1.54, 1.807) is 12.1 Å². The Bertz CT molecular complexity index is 643. The molecule has 1 heterocycles. The fraction of sp³-hybridized carbons (Fsp3) is 0.250. The molecule has 1 aromatic heterocycles. The fourth-order valence-corrected chi connectivity index (χ4v) is 1.89. The quantitative estimate of drug-likeness (QED) is 0.847. The number of nitriles is 1. The summed E-state index contributed by atoms with van der Waals surface area (Å²) in [5.74, 6) is 1.75. The van der Waals surface area contributed by atoms with Gasteiger partial charge in [0.05, 0.1) is 6.61 Å². The van der Waals surface area contributed by atoms with Crippen molar-refractivity contribution < 1.29 is 9.47 Å². The number of nitrogens with zero attached hydrogens (tertiary/aromatic N) is 2. The van der Waals surface area contributed by atoms with E-state index >= 15 is 0 Å². The van der Waals surface area contributed by atoms with Crippen LogP contribution in [0.15, 0.2) is 30.3 Å². The molecule has 0 aliphatic carbocycles. The van der Waals surface area contributed by atoms with Crippen molar-refractivity contribution in [2.24, 2.45) is 0 Å². The minimum atomic E-state index is 0.342. The largest absolute Gasteiger partial charge is 0.494 e. The monoisotopic (exact) mass is 268 g/mol. The predicted molar refractivity (Wildman–Crippen MR) is 76.1 cm³/mol. The maximum Gasteiger partial charge on any atom is 0.237 e. The third-order valence-corrected chi connectivity index (χ3v) is 2.77. The van der Waals surface area contributed by atoms with Crippen molar-refractivity contribution in [3.05, 3.63) is 47.2 Å². The van der Waals surface area contributed by atoms with E-state index in [1.807, 2.05) is 39.0 Å². The minimum absolute atomic E-state index is 0.342. The summed E-state index contributed by atoms with van der Waals surface area (Å²) in [7, 11) is 0. The molecule has 0 bridgehead atoms. The van der Waals surface area contributed by atoms with Gasteiger partial charge in [0.2, 0.25) is 5.88 Å². The fourth-order valence-electron chi connectivity index (χ4n) is 1.89. The molecule has 1 aromatic carbocycles. The summed E-state index contributed by atoms with van der Waals surface area (Å²) in [6, 6.07) is 11.2. The highest BCUT2D eigenvalue weighted by molar-refractivity contribution is 5.47. The first kappa shape index (κ1) is 13.9. The molecule has 102 valence electrons. The molecular weight excluding hydrogens is 252 g/mol. The van der Waals surface area contributed by atoms with Crippen LogP contribution in [0.4, 0.5) is 0 Å². The first-order valence-electron chi connectivity index (χ1n) is 6.43. The zero-order chi connectivity index (χ0) is 14.5. The van der Waals surface area contributed by atoms with Crippen LogP contribution in [0.2, 0.25) is 0 Å². The summed E-state index contributed by atoms with van der Waals surface area (Å²) >= 11 is 0. The first-order chi connectivity index (χ1) is 9.63. The molecule has 0 saturated carbocycles. The number of hydrogen-bond donors (Lipinski definition) is 0. The molecule has 0 aliphatic heterocycles. The van der Waals surface area contributed by atoms with Crippen LogP contribution in [0.1, 0.15) is 23.7 Å². The van der Waals surface area contributed by atoms with Gasteiger partial charge in [0.1, 0.15) is 23.1 Å². The maximum absolute atomic E-state index is 9.19. The van der Waals surface area contributed by atoms with Crippen LogP contribution in [-0.2, 0) is 0 Å². The Kier molecular flexibility index (Phi) is 4.21. The van der Waals surface area contributed by atoms with Gasteiger partial charge in [0, 0.05) is 5.69 Å². The lowest BCUT2D eigenvalue weighted by Gasteiger charge is -2.10. The highest BCUT2D eigenvalue weighted by Gasteiger charge is 2.10. The summed E-state index contributed by atoms with van der Waals surface area (Å²) in [5, 5.41) is 9.19. The van der Waals surface area contributed by atoms with E-state index in [0.717, 1.165) is 17.0 Å². The van der Waals surface area contributed by atoms with E-state index in [2.05, 4.69) is 11.1 Å². The van der Waals surface area contributed by atoms with Crippen LogP contribution in [0, 0.1) is 25.2 Å². The zero-order valence-corrected chi connectivity index (χ0v) is 11.8. The van der Waals surface area contributed by atoms with E-state index in [4.69, 9.17) is 9.47 Å². The minimum Gasteiger partial charge on any atom is -0.494 e. The zero-order valence-electron chi connectivity index (χ0n) is 11.8. The molecule has 4 heteroatoms. The van der Waals surface area contributed by atoms with Gasteiger partial charge in [-0.2, -0.15) is 5.26 Å². The molecule has 0 aliphatic rings. The molecule has 4 nitrogen and oxygen atoms in total. The third-order valence-electron chi connectivity index (χ3n) is 2.77. The lowest BCUT2D eigenvalue weighted by Crippen LogP contribution is -1.97. The van der Waals surface area contributed by atoms with Crippen molar-refractivity contribution >= 4 is 0 Å². The van der Waals surface area contributed by atoms with Gasteiger partial charge in [-0.15, -0.1) is 0 Å². The normalized spacial score (nSPS) is 9.90. The highest BCUT2D eigenvalue weighted by Crippen LogP contribution is 2.27. The Labute approximate surface area is 118 Å². The summed E-state index contributed by atoms with van der Waals surface area (Å²) in [6.07, 6.45) is 0. The average Bonchev–Trinajstić information content (AvgIpc) is 2.41. The second-order valence-electron chi connectivity index (χ2n) is 4.38. The second-order valence-corrected chi connectivity index (χ2v) is 4.38. The van der Waals surface area contributed by atoms with E-state index in [9.17, 15) is 5.26 Å². The number of ether oxygens (including phenoxy) is 2. The summed E-state index contributed by atoms with van der Waals surface area (Å²) < 4.78 is 11.1. The van der Waals surface area contributed by atoms with E-state index in [1.165, 1.54) is 0 Å². The van der Waals surface area contributed by atoms with Gasteiger partial charge in [-0.05, 0) is 56.7 Å². The third kappa shape index (κ3) is 3.07. The predicted octanol–water partition coefficient (Wildman–Crippen LogP) is 3.76. The molecule has 0 spiro atoms. The standard InChI is InChI=1S/C16H16N2O2/c1-4-19-13-5-7-14(8-6-13)20-16-15(10-17)11(2)9-12(3)18-16/h5-9H,4H2,1-3H3. The Balaban J connectivity index is 2.28.